The fourth-order valence-electron chi connectivity index (χ4n) is 10.3. The van der Waals surface area contributed by atoms with Crippen LogP contribution >= 0.6 is 0 Å². The number of rotatable bonds is 62. The van der Waals surface area contributed by atoms with Crippen molar-refractivity contribution in [2.45, 2.75) is 386 Å². The Hall–Kier alpha value is -1.85. The number of hydrogen-bond donors (Lipinski definition) is 0. The average Bonchev–Trinajstić information content (AvgIpc) is 3.39. The zero-order chi connectivity index (χ0) is 52.9. The molecular weight excluding hydrogens is 901 g/mol. The molecule has 0 aromatic carbocycles. The molecule has 0 rings (SSSR count). The Labute approximate surface area is 456 Å². The van der Waals surface area contributed by atoms with Gasteiger partial charge in [0.05, 0.1) is 0 Å². The fourth-order valence-corrected chi connectivity index (χ4v) is 10.3. The molecule has 432 valence electrons. The third-order valence-electron chi connectivity index (χ3n) is 15.3. The average molecular weight is 1030 g/mol. The molecule has 0 saturated carbocycles. The first-order valence-electron chi connectivity index (χ1n) is 33.2. The number of carbonyl (C=O) groups is 3. The van der Waals surface area contributed by atoms with Gasteiger partial charge in [0.25, 0.3) is 0 Å². The Morgan fingerprint density at radius 3 is 0.699 bits per heavy atom. The van der Waals surface area contributed by atoms with Crippen LogP contribution in [0, 0.1) is 0 Å². The lowest BCUT2D eigenvalue weighted by molar-refractivity contribution is -0.167. The van der Waals surface area contributed by atoms with E-state index in [4.69, 9.17) is 14.2 Å². The molecule has 0 heterocycles. The number of carbonyl (C=O) groups excluding carboxylic acids is 3. The van der Waals surface area contributed by atoms with Crippen LogP contribution in [-0.2, 0) is 28.6 Å². The molecular formula is C67H128O6. The molecule has 0 aliphatic carbocycles. The SMILES string of the molecule is CCCCCC/C=C\CCCCCCCC(=O)OC(COC(=O)CCCCCCCCC)COC(=O)CCCCCCCCCCCCCCCCCCCCCCCCCCCCCCCCCCCCC. The number of hydrogen-bond acceptors (Lipinski definition) is 6. The Morgan fingerprint density at radius 1 is 0.260 bits per heavy atom. The van der Waals surface area contributed by atoms with Crippen LogP contribution in [0.15, 0.2) is 12.2 Å². The summed E-state index contributed by atoms with van der Waals surface area (Å²) in [6, 6.07) is 0. The van der Waals surface area contributed by atoms with Gasteiger partial charge in [-0.25, -0.2) is 0 Å². The van der Waals surface area contributed by atoms with Crippen molar-refractivity contribution in [1.29, 1.82) is 0 Å². The summed E-state index contributed by atoms with van der Waals surface area (Å²) in [7, 11) is 0. The zero-order valence-corrected chi connectivity index (χ0v) is 49.7. The van der Waals surface area contributed by atoms with Crippen LogP contribution in [0.4, 0.5) is 0 Å². The summed E-state index contributed by atoms with van der Waals surface area (Å²) in [5.41, 5.74) is 0. The largest absolute Gasteiger partial charge is 0.462 e. The molecule has 73 heavy (non-hydrogen) atoms. The first-order chi connectivity index (χ1) is 36.0. The van der Waals surface area contributed by atoms with E-state index in [1.54, 1.807) is 0 Å². The molecule has 0 aliphatic rings. The van der Waals surface area contributed by atoms with E-state index in [1.165, 1.54) is 276 Å². The van der Waals surface area contributed by atoms with E-state index in [0.29, 0.717) is 19.3 Å². The van der Waals surface area contributed by atoms with E-state index >= 15 is 0 Å². The Balaban J connectivity index is 3.85. The van der Waals surface area contributed by atoms with Crippen molar-refractivity contribution < 1.29 is 28.6 Å². The van der Waals surface area contributed by atoms with Gasteiger partial charge in [-0.3, -0.25) is 14.4 Å². The van der Waals surface area contributed by atoms with E-state index in [1.807, 2.05) is 0 Å². The van der Waals surface area contributed by atoms with Gasteiger partial charge in [0.1, 0.15) is 13.2 Å². The summed E-state index contributed by atoms with van der Waals surface area (Å²) in [5, 5.41) is 0. The van der Waals surface area contributed by atoms with E-state index < -0.39 is 6.10 Å². The topological polar surface area (TPSA) is 78.9 Å². The highest BCUT2D eigenvalue weighted by atomic mass is 16.6. The summed E-state index contributed by atoms with van der Waals surface area (Å²) in [6.45, 7) is 6.63. The molecule has 1 atom stereocenters. The van der Waals surface area contributed by atoms with Gasteiger partial charge in [-0.05, 0) is 44.9 Å². The smallest absolute Gasteiger partial charge is 0.306 e. The molecule has 0 radical (unpaired) electrons. The van der Waals surface area contributed by atoms with Crippen LogP contribution in [0.3, 0.4) is 0 Å². The summed E-state index contributed by atoms with van der Waals surface area (Å²) in [6.07, 6.45) is 74.3. The minimum atomic E-state index is -0.767. The predicted octanol–water partition coefficient (Wildman–Crippen LogP) is 22.4. The summed E-state index contributed by atoms with van der Waals surface area (Å²) in [5.74, 6) is -0.862. The van der Waals surface area contributed by atoms with Gasteiger partial charge in [-0.15, -0.1) is 0 Å². The van der Waals surface area contributed by atoms with Crippen LogP contribution in [0.1, 0.15) is 380 Å². The van der Waals surface area contributed by atoms with Gasteiger partial charge in [0.2, 0.25) is 0 Å². The highest BCUT2D eigenvalue weighted by molar-refractivity contribution is 5.71. The molecule has 0 amide bonds. The molecule has 0 fully saturated rings. The van der Waals surface area contributed by atoms with Gasteiger partial charge in [-0.1, -0.05) is 328 Å². The van der Waals surface area contributed by atoms with Gasteiger partial charge in [-0.2, -0.15) is 0 Å². The molecule has 1 unspecified atom stereocenters. The molecule has 6 nitrogen and oxygen atoms in total. The number of esters is 3. The number of allylic oxidation sites excluding steroid dienone is 2. The third kappa shape index (κ3) is 60.9. The molecule has 0 aliphatic heterocycles. The van der Waals surface area contributed by atoms with Gasteiger partial charge >= 0.3 is 17.9 Å². The minimum absolute atomic E-state index is 0.0684. The summed E-state index contributed by atoms with van der Waals surface area (Å²) < 4.78 is 16.8. The highest BCUT2D eigenvalue weighted by Gasteiger charge is 2.19. The van der Waals surface area contributed by atoms with Crippen molar-refractivity contribution in [1.82, 2.24) is 0 Å². The van der Waals surface area contributed by atoms with Crippen LogP contribution in [0.5, 0.6) is 0 Å². The van der Waals surface area contributed by atoms with Crippen molar-refractivity contribution in [2.24, 2.45) is 0 Å². The normalized spacial score (nSPS) is 12.0. The van der Waals surface area contributed by atoms with Crippen LogP contribution in [0.25, 0.3) is 0 Å². The van der Waals surface area contributed by atoms with E-state index in [-0.39, 0.29) is 31.1 Å². The van der Waals surface area contributed by atoms with Crippen molar-refractivity contribution in [3.63, 3.8) is 0 Å². The van der Waals surface area contributed by atoms with Crippen molar-refractivity contribution in [3.8, 4) is 0 Å². The second-order valence-corrected chi connectivity index (χ2v) is 22.7. The summed E-state index contributed by atoms with van der Waals surface area (Å²) in [4.78, 5) is 37.9. The minimum Gasteiger partial charge on any atom is -0.462 e. The Kier molecular flexibility index (Phi) is 61.1. The lowest BCUT2D eigenvalue weighted by Gasteiger charge is -2.18. The molecule has 0 bridgehead atoms. The molecule has 0 aromatic rings. The van der Waals surface area contributed by atoms with Crippen molar-refractivity contribution in [2.75, 3.05) is 13.2 Å². The van der Waals surface area contributed by atoms with Crippen LogP contribution < -0.4 is 0 Å². The van der Waals surface area contributed by atoms with E-state index in [0.717, 1.165) is 64.2 Å². The van der Waals surface area contributed by atoms with E-state index in [9.17, 15) is 14.4 Å². The standard InChI is InChI=1S/C67H128O6/c1-4-7-10-13-16-18-20-22-23-24-25-26-27-28-29-30-31-32-33-34-35-36-37-38-39-40-41-42-43-45-46-48-51-54-57-60-66(69)72-63-64(62-71-65(68)59-56-53-50-15-12-9-6-3)73-67(70)61-58-55-52-49-47-44-21-19-17-14-11-8-5-2/h19,21,64H,4-18,20,22-63H2,1-3H3/b21-19-. The quantitative estimate of drug-likeness (QED) is 0.0261. The lowest BCUT2D eigenvalue weighted by Crippen LogP contribution is -2.30. The first kappa shape index (κ1) is 71.2. The Morgan fingerprint density at radius 2 is 0.452 bits per heavy atom. The summed E-state index contributed by atoms with van der Waals surface area (Å²) >= 11 is 0. The second kappa shape index (κ2) is 62.7. The molecule has 0 aromatic heterocycles. The predicted molar refractivity (Wildman–Crippen MR) is 317 cm³/mol. The van der Waals surface area contributed by atoms with Crippen LogP contribution in [0.2, 0.25) is 0 Å². The highest BCUT2D eigenvalue weighted by Crippen LogP contribution is 2.19. The lowest BCUT2D eigenvalue weighted by atomic mass is 10.0. The second-order valence-electron chi connectivity index (χ2n) is 22.7. The monoisotopic (exact) mass is 1030 g/mol. The fraction of sp³-hybridized carbons (Fsp3) is 0.925. The third-order valence-corrected chi connectivity index (χ3v) is 15.3. The maximum atomic E-state index is 12.8. The number of ether oxygens (including phenoxy) is 3. The van der Waals surface area contributed by atoms with Gasteiger partial charge in [0.15, 0.2) is 6.10 Å². The first-order valence-corrected chi connectivity index (χ1v) is 33.2. The maximum absolute atomic E-state index is 12.8. The van der Waals surface area contributed by atoms with Crippen molar-refractivity contribution in [3.05, 3.63) is 12.2 Å². The maximum Gasteiger partial charge on any atom is 0.306 e. The zero-order valence-electron chi connectivity index (χ0n) is 49.7. The van der Waals surface area contributed by atoms with E-state index in [2.05, 4.69) is 32.9 Å². The van der Waals surface area contributed by atoms with Crippen molar-refractivity contribution >= 4 is 17.9 Å². The molecule has 0 N–H and O–H groups in total. The van der Waals surface area contributed by atoms with Gasteiger partial charge < -0.3 is 14.2 Å². The Bertz CT molecular complexity index is 1130. The van der Waals surface area contributed by atoms with Gasteiger partial charge in [0, 0.05) is 19.3 Å². The van der Waals surface area contributed by atoms with Crippen LogP contribution in [-0.4, -0.2) is 37.2 Å². The molecule has 6 heteroatoms. The molecule has 0 saturated heterocycles. The molecule has 0 spiro atoms. The number of unbranched alkanes of at least 4 members (excludes halogenated alkanes) is 49.